The Morgan fingerprint density at radius 1 is 1.57 bits per heavy atom. The van der Waals surface area contributed by atoms with Crippen molar-refractivity contribution in [2.45, 2.75) is 6.54 Å². The molecular formula is C9H10BrN3O. The summed E-state index contributed by atoms with van der Waals surface area (Å²) in [4.78, 5) is 0. The first-order valence-electron chi connectivity index (χ1n) is 4.20. The Morgan fingerprint density at radius 2 is 2.36 bits per heavy atom. The van der Waals surface area contributed by atoms with E-state index in [1.165, 1.54) is 0 Å². The third-order valence-electron chi connectivity index (χ3n) is 2.15. The van der Waals surface area contributed by atoms with Crippen molar-refractivity contribution < 1.29 is 5.21 Å². The standard InChI is InChI=1S/C9H10BrN3O/c1-13-8-3-2-6(5-11-14)4-7(8)9(10)12-13/h2-4,11,14H,5H2,1H3. The second-order valence-electron chi connectivity index (χ2n) is 3.10. The second-order valence-corrected chi connectivity index (χ2v) is 3.85. The van der Waals surface area contributed by atoms with Crippen LogP contribution in [0.5, 0.6) is 0 Å². The zero-order valence-electron chi connectivity index (χ0n) is 7.66. The predicted molar refractivity (Wildman–Crippen MR) is 57.0 cm³/mol. The van der Waals surface area contributed by atoms with Crippen molar-refractivity contribution >= 4 is 26.8 Å². The van der Waals surface area contributed by atoms with Gasteiger partial charge in [0.2, 0.25) is 0 Å². The van der Waals surface area contributed by atoms with Crippen molar-refractivity contribution in [3.8, 4) is 0 Å². The van der Waals surface area contributed by atoms with E-state index >= 15 is 0 Å². The monoisotopic (exact) mass is 255 g/mol. The molecule has 14 heavy (non-hydrogen) atoms. The number of hydrogen-bond donors (Lipinski definition) is 2. The minimum absolute atomic E-state index is 0.442. The maximum Gasteiger partial charge on any atom is 0.135 e. The van der Waals surface area contributed by atoms with Gasteiger partial charge in [-0.25, -0.2) is 5.48 Å². The van der Waals surface area contributed by atoms with Crippen LogP contribution in [0, 0.1) is 0 Å². The summed E-state index contributed by atoms with van der Waals surface area (Å²) in [6.07, 6.45) is 0. The summed E-state index contributed by atoms with van der Waals surface area (Å²) in [5.41, 5.74) is 4.22. The number of halogens is 1. The van der Waals surface area contributed by atoms with E-state index in [0.717, 1.165) is 21.1 Å². The molecule has 74 valence electrons. The number of nitrogens with one attached hydrogen (secondary N) is 1. The topological polar surface area (TPSA) is 50.1 Å². The van der Waals surface area contributed by atoms with E-state index in [0.29, 0.717) is 6.54 Å². The van der Waals surface area contributed by atoms with Gasteiger partial charge in [0, 0.05) is 19.0 Å². The molecule has 0 bridgehead atoms. The van der Waals surface area contributed by atoms with Crippen molar-refractivity contribution in [2.75, 3.05) is 0 Å². The van der Waals surface area contributed by atoms with Gasteiger partial charge in [-0.1, -0.05) is 6.07 Å². The molecular weight excluding hydrogens is 246 g/mol. The third-order valence-corrected chi connectivity index (χ3v) is 2.74. The summed E-state index contributed by atoms with van der Waals surface area (Å²) < 4.78 is 2.64. The summed E-state index contributed by atoms with van der Waals surface area (Å²) in [5.74, 6) is 0. The summed E-state index contributed by atoms with van der Waals surface area (Å²) in [6.45, 7) is 0.442. The number of benzene rings is 1. The van der Waals surface area contributed by atoms with Gasteiger partial charge in [0.1, 0.15) is 4.60 Å². The Morgan fingerprint density at radius 3 is 3.07 bits per heavy atom. The van der Waals surface area contributed by atoms with Crippen LogP contribution in [0.25, 0.3) is 10.9 Å². The molecule has 0 aliphatic heterocycles. The van der Waals surface area contributed by atoms with Crippen molar-refractivity contribution in [2.24, 2.45) is 7.05 Å². The summed E-state index contributed by atoms with van der Waals surface area (Å²) in [6, 6.07) is 5.94. The Bertz CT molecular complexity index is 466. The van der Waals surface area contributed by atoms with Gasteiger partial charge in [-0.15, -0.1) is 0 Å². The first kappa shape index (κ1) is 9.64. The fraction of sp³-hybridized carbons (Fsp3) is 0.222. The fourth-order valence-corrected chi connectivity index (χ4v) is 2.03. The van der Waals surface area contributed by atoms with Crippen LogP contribution in [-0.2, 0) is 13.6 Å². The average Bonchev–Trinajstić information content (AvgIpc) is 2.43. The molecule has 0 radical (unpaired) electrons. The first-order chi connectivity index (χ1) is 6.72. The summed E-state index contributed by atoms with van der Waals surface area (Å²) in [5, 5.41) is 13.9. The molecule has 1 heterocycles. The van der Waals surface area contributed by atoms with Gasteiger partial charge >= 0.3 is 0 Å². The van der Waals surface area contributed by atoms with E-state index < -0.39 is 0 Å². The van der Waals surface area contributed by atoms with Crippen LogP contribution in [0.1, 0.15) is 5.56 Å². The van der Waals surface area contributed by atoms with Gasteiger partial charge in [0.15, 0.2) is 0 Å². The number of aromatic nitrogens is 2. The predicted octanol–water partition coefficient (Wildman–Crippen LogP) is 1.81. The quantitative estimate of drug-likeness (QED) is 0.806. The Balaban J connectivity index is 2.59. The lowest BCUT2D eigenvalue weighted by molar-refractivity contribution is 0.161. The van der Waals surface area contributed by atoms with Gasteiger partial charge in [-0.3, -0.25) is 4.68 Å². The smallest absolute Gasteiger partial charge is 0.135 e. The van der Waals surface area contributed by atoms with E-state index in [1.54, 1.807) is 0 Å². The van der Waals surface area contributed by atoms with Crippen LogP contribution in [0.3, 0.4) is 0 Å². The van der Waals surface area contributed by atoms with Crippen molar-refractivity contribution in [1.82, 2.24) is 15.3 Å². The highest BCUT2D eigenvalue weighted by molar-refractivity contribution is 9.10. The molecule has 1 aromatic carbocycles. The molecule has 0 amide bonds. The van der Waals surface area contributed by atoms with Gasteiger partial charge in [-0.05, 0) is 33.6 Å². The molecule has 1 aromatic heterocycles. The van der Waals surface area contributed by atoms with Crippen LogP contribution in [-0.4, -0.2) is 15.0 Å². The van der Waals surface area contributed by atoms with Crippen molar-refractivity contribution in [3.05, 3.63) is 28.4 Å². The van der Waals surface area contributed by atoms with Crippen LogP contribution < -0.4 is 5.48 Å². The normalized spacial score (nSPS) is 11.1. The zero-order chi connectivity index (χ0) is 10.1. The highest BCUT2D eigenvalue weighted by atomic mass is 79.9. The van der Waals surface area contributed by atoms with E-state index in [9.17, 15) is 0 Å². The molecule has 0 aliphatic rings. The van der Waals surface area contributed by atoms with Crippen LogP contribution in [0.4, 0.5) is 0 Å². The van der Waals surface area contributed by atoms with Gasteiger partial charge < -0.3 is 5.21 Å². The minimum Gasteiger partial charge on any atom is -0.316 e. The Hall–Kier alpha value is -0.910. The molecule has 2 rings (SSSR count). The molecule has 0 atom stereocenters. The van der Waals surface area contributed by atoms with Crippen LogP contribution in [0.2, 0.25) is 0 Å². The number of aryl methyl sites for hydroxylation is 1. The van der Waals surface area contributed by atoms with E-state index in [2.05, 4.69) is 26.5 Å². The molecule has 4 nitrogen and oxygen atoms in total. The maximum atomic E-state index is 8.58. The molecule has 0 saturated heterocycles. The van der Waals surface area contributed by atoms with Crippen molar-refractivity contribution in [3.63, 3.8) is 0 Å². The minimum atomic E-state index is 0.442. The largest absolute Gasteiger partial charge is 0.316 e. The lowest BCUT2D eigenvalue weighted by Gasteiger charge is -1.99. The molecule has 0 saturated carbocycles. The number of fused-ring (bicyclic) bond motifs is 1. The highest BCUT2D eigenvalue weighted by Crippen LogP contribution is 2.23. The number of hydrogen-bond acceptors (Lipinski definition) is 3. The van der Waals surface area contributed by atoms with Crippen LogP contribution in [0.15, 0.2) is 22.8 Å². The molecule has 2 N–H and O–H groups in total. The molecule has 0 spiro atoms. The lowest BCUT2D eigenvalue weighted by Crippen LogP contribution is -2.05. The molecule has 2 aromatic rings. The van der Waals surface area contributed by atoms with E-state index in [1.807, 2.05) is 29.9 Å². The highest BCUT2D eigenvalue weighted by Gasteiger charge is 2.05. The van der Waals surface area contributed by atoms with E-state index in [-0.39, 0.29) is 0 Å². The second kappa shape index (κ2) is 3.68. The molecule has 0 unspecified atom stereocenters. The third kappa shape index (κ3) is 1.54. The first-order valence-corrected chi connectivity index (χ1v) is 5.00. The summed E-state index contributed by atoms with van der Waals surface area (Å²) >= 11 is 3.39. The number of nitrogens with zero attached hydrogens (tertiary/aromatic N) is 2. The van der Waals surface area contributed by atoms with Crippen molar-refractivity contribution in [1.29, 1.82) is 0 Å². The van der Waals surface area contributed by atoms with Crippen LogP contribution >= 0.6 is 15.9 Å². The van der Waals surface area contributed by atoms with Gasteiger partial charge in [-0.2, -0.15) is 5.10 Å². The van der Waals surface area contributed by atoms with E-state index in [4.69, 9.17) is 5.21 Å². The number of rotatable bonds is 2. The Labute approximate surface area is 89.6 Å². The number of hydroxylamine groups is 1. The Kier molecular flexibility index (Phi) is 2.54. The molecule has 0 aliphatic carbocycles. The van der Waals surface area contributed by atoms with Gasteiger partial charge in [0.25, 0.3) is 0 Å². The summed E-state index contributed by atoms with van der Waals surface area (Å²) in [7, 11) is 1.90. The SMILES string of the molecule is Cn1nc(Br)c2cc(CNO)ccc21. The maximum absolute atomic E-state index is 8.58. The average molecular weight is 256 g/mol. The molecule has 0 fully saturated rings. The zero-order valence-corrected chi connectivity index (χ0v) is 9.24. The van der Waals surface area contributed by atoms with Gasteiger partial charge in [0.05, 0.1) is 5.52 Å². The lowest BCUT2D eigenvalue weighted by atomic mass is 10.1. The molecule has 5 heteroatoms. The fourth-order valence-electron chi connectivity index (χ4n) is 1.47.